The standard InChI is InChI=1S/C21H14BrF4N3OS.C7H4Cl2O/c1-29-9-13(12-6-10(22)8-27-21(12)29)20(30)18-15(25)4-5-16(19(18)26)28-31-17-7-11(23)2-3-14(17)24;8-6-2-1-3-7(9)5(6)4-10/h2-9,21,27-28H,1H3;1-4H. The molecule has 1 atom stereocenters. The molecule has 41 heavy (non-hydrogen) atoms. The van der Waals surface area contributed by atoms with Crippen LogP contribution in [0.2, 0.25) is 10.0 Å². The molecule has 2 heterocycles. The Hall–Kier alpha value is -3.25. The van der Waals surface area contributed by atoms with Gasteiger partial charge in [0, 0.05) is 35.1 Å². The molecule has 0 fully saturated rings. The van der Waals surface area contributed by atoms with E-state index in [0.29, 0.717) is 43.9 Å². The fourth-order valence-electron chi connectivity index (χ4n) is 3.88. The van der Waals surface area contributed by atoms with Gasteiger partial charge in [-0.25, -0.2) is 17.6 Å². The molecule has 212 valence electrons. The van der Waals surface area contributed by atoms with Crippen LogP contribution in [0.15, 0.2) is 87.5 Å². The van der Waals surface area contributed by atoms with Crippen LogP contribution in [0.4, 0.5) is 23.2 Å². The second-order valence-corrected chi connectivity index (χ2v) is 11.1. The second-order valence-electron chi connectivity index (χ2n) is 8.55. The van der Waals surface area contributed by atoms with Crippen molar-refractivity contribution in [3.63, 3.8) is 0 Å². The van der Waals surface area contributed by atoms with Crippen molar-refractivity contribution >= 4 is 68.8 Å². The van der Waals surface area contributed by atoms with Crippen molar-refractivity contribution in [1.29, 1.82) is 0 Å². The Morgan fingerprint density at radius 2 is 1.76 bits per heavy atom. The van der Waals surface area contributed by atoms with Gasteiger partial charge in [0.15, 0.2) is 12.1 Å². The lowest BCUT2D eigenvalue weighted by molar-refractivity contribution is 0.102. The number of fused-ring (bicyclic) bond motifs is 1. The molecule has 0 aromatic heterocycles. The Morgan fingerprint density at radius 3 is 2.41 bits per heavy atom. The van der Waals surface area contributed by atoms with Gasteiger partial charge < -0.3 is 14.9 Å². The summed E-state index contributed by atoms with van der Waals surface area (Å²) in [7, 11) is 1.73. The summed E-state index contributed by atoms with van der Waals surface area (Å²) in [4.78, 5) is 25.0. The average molecular weight is 687 g/mol. The number of aldehydes is 1. The molecule has 5 nitrogen and oxygen atoms in total. The van der Waals surface area contributed by atoms with Crippen LogP contribution in [-0.4, -0.2) is 30.2 Å². The fourth-order valence-corrected chi connectivity index (χ4v) is 5.46. The number of likely N-dealkylation sites (N-methyl/N-ethyl adjacent to an activating group) is 1. The zero-order valence-corrected chi connectivity index (χ0v) is 24.7. The summed E-state index contributed by atoms with van der Waals surface area (Å²) < 4.78 is 60.0. The van der Waals surface area contributed by atoms with Crippen LogP contribution in [0.5, 0.6) is 0 Å². The molecule has 0 aliphatic carbocycles. The molecule has 3 aromatic rings. The van der Waals surface area contributed by atoms with Crippen molar-refractivity contribution in [3.05, 3.63) is 127 Å². The van der Waals surface area contributed by atoms with E-state index in [1.807, 2.05) is 0 Å². The van der Waals surface area contributed by atoms with Gasteiger partial charge in [-0.3, -0.25) is 9.59 Å². The van der Waals surface area contributed by atoms with Gasteiger partial charge in [-0.15, -0.1) is 0 Å². The molecule has 2 aliphatic rings. The first-order chi connectivity index (χ1) is 19.5. The number of carbonyl (C=O) groups excluding carboxylic acids is 2. The summed E-state index contributed by atoms with van der Waals surface area (Å²) in [5.74, 6) is -4.35. The van der Waals surface area contributed by atoms with Crippen molar-refractivity contribution in [2.45, 2.75) is 11.1 Å². The normalized spacial score (nSPS) is 15.5. The number of hydrogen-bond donors (Lipinski definition) is 2. The molecular weight excluding hydrogens is 669 g/mol. The molecular formula is C28H18BrCl2F4N3O2S. The largest absolute Gasteiger partial charge is 0.367 e. The smallest absolute Gasteiger partial charge is 0.200 e. The predicted molar refractivity (Wildman–Crippen MR) is 156 cm³/mol. The molecule has 2 N–H and O–H groups in total. The SMILES string of the molecule is CN1C=C(C(=O)c2c(F)ccc(NSc3cc(F)ccc3F)c2F)C2=CC(Br)=CNC21.O=Cc1c(Cl)cccc1Cl. The monoisotopic (exact) mass is 685 g/mol. The molecule has 0 saturated heterocycles. The van der Waals surface area contributed by atoms with Crippen molar-refractivity contribution in [1.82, 2.24) is 10.2 Å². The fraction of sp³-hybridized carbons (Fsp3) is 0.0714. The number of ketones is 1. The Kier molecular flexibility index (Phi) is 9.85. The number of nitrogens with one attached hydrogen (secondary N) is 2. The van der Waals surface area contributed by atoms with E-state index < -0.39 is 34.6 Å². The van der Waals surface area contributed by atoms with Crippen LogP contribution in [-0.2, 0) is 0 Å². The number of benzene rings is 3. The number of anilines is 1. The van der Waals surface area contributed by atoms with E-state index in [1.165, 1.54) is 6.20 Å². The maximum Gasteiger partial charge on any atom is 0.200 e. The summed E-state index contributed by atoms with van der Waals surface area (Å²) in [6.45, 7) is 0. The minimum absolute atomic E-state index is 0.116. The zero-order valence-electron chi connectivity index (χ0n) is 20.8. The van der Waals surface area contributed by atoms with Crippen LogP contribution < -0.4 is 10.0 Å². The van der Waals surface area contributed by atoms with Crippen molar-refractivity contribution in [2.24, 2.45) is 0 Å². The third-order valence-electron chi connectivity index (χ3n) is 5.86. The maximum absolute atomic E-state index is 15.1. The van der Waals surface area contributed by atoms with E-state index in [9.17, 15) is 22.8 Å². The maximum atomic E-state index is 15.1. The summed E-state index contributed by atoms with van der Waals surface area (Å²) in [5, 5.41) is 3.86. The van der Waals surface area contributed by atoms with Crippen LogP contribution in [0, 0.1) is 23.3 Å². The Balaban J connectivity index is 0.000000328. The average Bonchev–Trinajstić information content (AvgIpc) is 3.25. The molecule has 13 heteroatoms. The Morgan fingerprint density at radius 1 is 1.07 bits per heavy atom. The number of hydrogen-bond acceptors (Lipinski definition) is 6. The number of rotatable bonds is 6. The number of Topliss-reactive ketones (excluding diaryl/α,β-unsaturated/α-hetero) is 1. The van der Waals surface area contributed by atoms with E-state index in [2.05, 4.69) is 26.0 Å². The zero-order chi connectivity index (χ0) is 29.8. The Bertz CT molecular complexity index is 1610. The van der Waals surface area contributed by atoms with Gasteiger partial charge in [-0.1, -0.05) is 29.3 Å². The van der Waals surface area contributed by atoms with Gasteiger partial charge in [0.05, 0.1) is 31.8 Å². The highest BCUT2D eigenvalue weighted by Gasteiger charge is 2.35. The van der Waals surface area contributed by atoms with Crippen molar-refractivity contribution in [3.8, 4) is 0 Å². The van der Waals surface area contributed by atoms with Crippen molar-refractivity contribution < 1.29 is 27.2 Å². The van der Waals surface area contributed by atoms with Crippen molar-refractivity contribution in [2.75, 3.05) is 11.8 Å². The molecule has 0 amide bonds. The van der Waals surface area contributed by atoms with Gasteiger partial charge in [0.2, 0.25) is 5.78 Å². The summed E-state index contributed by atoms with van der Waals surface area (Å²) in [6, 6.07) is 9.80. The number of dihydropyridines is 1. The number of halogens is 7. The summed E-state index contributed by atoms with van der Waals surface area (Å²) in [6.07, 6.45) is 5.24. The lowest BCUT2D eigenvalue weighted by Gasteiger charge is -2.25. The van der Waals surface area contributed by atoms with Gasteiger partial charge >= 0.3 is 0 Å². The minimum atomic E-state index is -1.12. The lowest BCUT2D eigenvalue weighted by atomic mass is 9.95. The third-order valence-corrected chi connectivity index (χ3v) is 7.83. The highest BCUT2D eigenvalue weighted by atomic mass is 79.9. The summed E-state index contributed by atoms with van der Waals surface area (Å²) in [5.41, 5.74) is 0.0841. The van der Waals surface area contributed by atoms with E-state index in [0.717, 1.165) is 30.3 Å². The first-order valence-electron chi connectivity index (χ1n) is 11.6. The van der Waals surface area contributed by atoms with E-state index >= 15 is 4.39 Å². The minimum Gasteiger partial charge on any atom is -0.367 e. The van der Waals surface area contributed by atoms with E-state index in [4.69, 9.17) is 23.2 Å². The van der Waals surface area contributed by atoms with Gasteiger partial charge in [-0.2, -0.15) is 0 Å². The quantitative estimate of drug-likeness (QED) is 0.118. The lowest BCUT2D eigenvalue weighted by Crippen LogP contribution is -2.37. The van der Waals surface area contributed by atoms with Gasteiger partial charge in [0.1, 0.15) is 23.6 Å². The Labute approximate surface area is 255 Å². The number of nitrogens with zero attached hydrogens (tertiary/aromatic N) is 1. The number of carbonyl (C=O) groups is 2. The summed E-state index contributed by atoms with van der Waals surface area (Å²) >= 11 is 15.2. The van der Waals surface area contributed by atoms with E-state index in [1.54, 1.807) is 42.4 Å². The first kappa shape index (κ1) is 30.7. The molecule has 0 bridgehead atoms. The highest BCUT2D eigenvalue weighted by molar-refractivity contribution is 9.11. The van der Waals surface area contributed by atoms with Gasteiger partial charge in [0.25, 0.3) is 0 Å². The molecule has 0 spiro atoms. The predicted octanol–water partition coefficient (Wildman–Crippen LogP) is 8.27. The van der Waals surface area contributed by atoms with Crippen LogP contribution in [0.1, 0.15) is 20.7 Å². The molecule has 5 rings (SSSR count). The second kappa shape index (κ2) is 13.2. The van der Waals surface area contributed by atoms with Gasteiger partial charge in [-0.05, 0) is 76.4 Å². The molecule has 0 radical (unpaired) electrons. The highest BCUT2D eigenvalue weighted by Crippen LogP contribution is 2.35. The van der Waals surface area contributed by atoms with Crippen LogP contribution in [0.3, 0.4) is 0 Å². The molecule has 3 aromatic carbocycles. The van der Waals surface area contributed by atoms with Crippen LogP contribution >= 0.6 is 51.1 Å². The molecule has 0 saturated carbocycles. The molecule has 1 unspecified atom stereocenters. The number of allylic oxidation sites excluding steroid dienone is 2. The first-order valence-corrected chi connectivity index (χ1v) is 14.0. The van der Waals surface area contributed by atoms with E-state index in [-0.39, 0.29) is 22.3 Å². The van der Waals surface area contributed by atoms with Crippen LogP contribution in [0.25, 0.3) is 0 Å². The third kappa shape index (κ3) is 6.81. The molecule has 2 aliphatic heterocycles. The topological polar surface area (TPSA) is 61.4 Å².